The minimum Gasteiger partial charge on any atom is -0.304 e. The van der Waals surface area contributed by atoms with E-state index in [-0.39, 0.29) is 6.04 Å². The second-order valence-corrected chi connectivity index (χ2v) is 5.28. The minimum absolute atomic E-state index is 0.0375. The minimum atomic E-state index is 0.0375. The molecule has 1 N–H and O–H groups in total. The van der Waals surface area contributed by atoms with Crippen LogP contribution in [0.5, 0.6) is 0 Å². The lowest BCUT2D eigenvalue weighted by Crippen LogP contribution is -2.42. The first-order valence-electron chi connectivity index (χ1n) is 6.73. The zero-order valence-electron chi connectivity index (χ0n) is 10.1. The summed E-state index contributed by atoms with van der Waals surface area (Å²) in [4.78, 5) is 12.2. The number of hydrogen-bond donors (Lipinski definition) is 1. The Morgan fingerprint density at radius 2 is 1.82 bits per heavy atom. The van der Waals surface area contributed by atoms with Gasteiger partial charge in [-0.3, -0.25) is 4.79 Å². The van der Waals surface area contributed by atoms with Gasteiger partial charge in [-0.25, -0.2) is 0 Å². The summed E-state index contributed by atoms with van der Waals surface area (Å²) in [6.07, 6.45) is 7.33. The van der Waals surface area contributed by atoms with Crippen LogP contribution in [-0.2, 0) is 6.42 Å². The third-order valence-electron chi connectivity index (χ3n) is 4.07. The SMILES string of the molecule is O=C1c2ccccc2CC1NC1CCCCC1. The average Bonchev–Trinajstić information content (AvgIpc) is 2.68. The van der Waals surface area contributed by atoms with Crippen molar-refractivity contribution in [3.63, 3.8) is 0 Å². The molecular weight excluding hydrogens is 210 g/mol. The van der Waals surface area contributed by atoms with Crippen LogP contribution in [0.2, 0.25) is 0 Å². The van der Waals surface area contributed by atoms with Crippen LogP contribution in [0, 0.1) is 0 Å². The van der Waals surface area contributed by atoms with Gasteiger partial charge in [0, 0.05) is 11.6 Å². The number of carbonyl (C=O) groups is 1. The first kappa shape index (κ1) is 11.0. The van der Waals surface area contributed by atoms with Gasteiger partial charge in [-0.2, -0.15) is 0 Å². The second-order valence-electron chi connectivity index (χ2n) is 5.28. The highest BCUT2D eigenvalue weighted by atomic mass is 16.1. The molecule has 2 aliphatic rings. The molecule has 0 aromatic heterocycles. The van der Waals surface area contributed by atoms with Crippen LogP contribution in [0.4, 0.5) is 0 Å². The van der Waals surface area contributed by atoms with Gasteiger partial charge in [0.25, 0.3) is 0 Å². The molecule has 0 heterocycles. The zero-order chi connectivity index (χ0) is 11.7. The molecule has 1 aromatic carbocycles. The third kappa shape index (κ3) is 2.14. The molecule has 0 saturated heterocycles. The standard InChI is InChI=1S/C15H19NO/c17-15-13-9-5-4-6-11(13)10-14(15)16-12-7-2-1-3-8-12/h4-6,9,12,14,16H,1-3,7-8,10H2. The van der Waals surface area contributed by atoms with E-state index in [0.29, 0.717) is 11.8 Å². The lowest BCUT2D eigenvalue weighted by atomic mass is 9.94. The summed E-state index contributed by atoms with van der Waals surface area (Å²) in [5, 5.41) is 3.56. The van der Waals surface area contributed by atoms with Crippen molar-refractivity contribution in [3.05, 3.63) is 35.4 Å². The van der Waals surface area contributed by atoms with Crippen LogP contribution in [0.25, 0.3) is 0 Å². The number of hydrogen-bond acceptors (Lipinski definition) is 2. The Balaban J connectivity index is 1.69. The third-order valence-corrected chi connectivity index (χ3v) is 4.07. The Hall–Kier alpha value is -1.15. The summed E-state index contributed by atoms with van der Waals surface area (Å²) < 4.78 is 0. The van der Waals surface area contributed by atoms with Crippen molar-refractivity contribution in [3.8, 4) is 0 Å². The van der Waals surface area contributed by atoms with Gasteiger partial charge < -0.3 is 5.32 Å². The molecule has 2 nitrogen and oxygen atoms in total. The maximum atomic E-state index is 12.2. The lowest BCUT2D eigenvalue weighted by Gasteiger charge is -2.25. The van der Waals surface area contributed by atoms with E-state index in [2.05, 4.69) is 11.4 Å². The Morgan fingerprint density at radius 1 is 1.06 bits per heavy atom. The van der Waals surface area contributed by atoms with Crippen molar-refractivity contribution in [2.75, 3.05) is 0 Å². The van der Waals surface area contributed by atoms with Crippen molar-refractivity contribution in [1.29, 1.82) is 0 Å². The van der Waals surface area contributed by atoms with E-state index in [1.54, 1.807) is 0 Å². The normalized spacial score (nSPS) is 24.9. The number of nitrogens with one attached hydrogen (secondary N) is 1. The van der Waals surface area contributed by atoms with E-state index in [9.17, 15) is 4.79 Å². The van der Waals surface area contributed by atoms with Gasteiger partial charge in [0.2, 0.25) is 0 Å². The van der Waals surface area contributed by atoms with Gasteiger partial charge in [-0.1, -0.05) is 43.5 Å². The molecule has 2 aliphatic carbocycles. The summed E-state index contributed by atoms with van der Waals surface area (Å²) in [5.41, 5.74) is 2.15. The predicted octanol–water partition coefficient (Wildman–Crippen LogP) is 2.72. The van der Waals surface area contributed by atoms with Gasteiger partial charge in [0.05, 0.1) is 6.04 Å². The first-order valence-corrected chi connectivity index (χ1v) is 6.73. The maximum absolute atomic E-state index is 12.2. The smallest absolute Gasteiger partial charge is 0.180 e. The van der Waals surface area contributed by atoms with Gasteiger partial charge in [-0.15, -0.1) is 0 Å². The molecular formula is C15H19NO. The van der Waals surface area contributed by atoms with Gasteiger partial charge in [0.1, 0.15) is 0 Å². The summed E-state index contributed by atoms with van der Waals surface area (Å²) in [7, 11) is 0. The van der Waals surface area contributed by atoms with E-state index in [4.69, 9.17) is 0 Å². The number of ketones is 1. The maximum Gasteiger partial charge on any atom is 0.180 e. The van der Waals surface area contributed by atoms with Crippen LogP contribution in [0.3, 0.4) is 0 Å². The Morgan fingerprint density at radius 3 is 2.59 bits per heavy atom. The Bertz CT molecular complexity index is 421. The fraction of sp³-hybridized carbons (Fsp3) is 0.533. The van der Waals surface area contributed by atoms with E-state index >= 15 is 0 Å². The highest BCUT2D eigenvalue weighted by Gasteiger charge is 2.31. The Kier molecular flexibility index (Phi) is 2.98. The van der Waals surface area contributed by atoms with Crippen molar-refractivity contribution < 1.29 is 4.79 Å². The van der Waals surface area contributed by atoms with Crippen molar-refractivity contribution in [2.24, 2.45) is 0 Å². The van der Waals surface area contributed by atoms with Crippen LogP contribution in [-0.4, -0.2) is 17.9 Å². The summed E-state index contributed by atoms with van der Waals surface area (Å²) in [5.74, 6) is 0.297. The first-order chi connectivity index (χ1) is 8.34. The molecule has 2 heteroatoms. The summed E-state index contributed by atoms with van der Waals surface area (Å²) >= 11 is 0. The number of rotatable bonds is 2. The monoisotopic (exact) mass is 229 g/mol. The topological polar surface area (TPSA) is 29.1 Å². The summed E-state index contributed by atoms with van der Waals surface area (Å²) in [6, 6.07) is 8.62. The quantitative estimate of drug-likeness (QED) is 0.844. The van der Waals surface area contributed by atoms with Crippen LogP contribution in [0.15, 0.2) is 24.3 Å². The average molecular weight is 229 g/mol. The van der Waals surface area contributed by atoms with Crippen LogP contribution >= 0.6 is 0 Å². The summed E-state index contributed by atoms with van der Waals surface area (Å²) in [6.45, 7) is 0. The van der Waals surface area contributed by atoms with Crippen LogP contribution in [0.1, 0.15) is 48.0 Å². The highest BCUT2D eigenvalue weighted by Crippen LogP contribution is 2.24. The van der Waals surface area contributed by atoms with E-state index in [0.717, 1.165) is 12.0 Å². The molecule has 1 fully saturated rings. The largest absolute Gasteiger partial charge is 0.304 e. The molecule has 1 unspecified atom stereocenters. The van der Waals surface area contributed by atoms with Gasteiger partial charge in [0.15, 0.2) is 5.78 Å². The number of fused-ring (bicyclic) bond motifs is 1. The number of Topliss-reactive ketones (excluding diaryl/α,β-unsaturated/α-hetero) is 1. The zero-order valence-corrected chi connectivity index (χ0v) is 10.1. The second kappa shape index (κ2) is 4.61. The van der Waals surface area contributed by atoms with Crippen molar-refractivity contribution in [1.82, 2.24) is 5.32 Å². The van der Waals surface area contributed by atoms with Gasteiger partial charge in [-0.05, 0) is 24.8 Å². The van der Waals surface area contributed by atoms with Crippen LogP contribution < -0.4 is 5.32 Å². The van der Waals surface area contributed by atoms with Crippen molar-refractivity contribution >= 4 is 5.78 Å². The van der Waals surface area contributed by atoms with E-state index < -0.39 is 0 Å². The number of carbonyl (C=O) groups excluding carboxylic acids is 1. The van der Waals surface area contributed by atoms with Gasteiger partial charge >= 0.3 is 0 Å². The molecule has 0 aliphatic heterocycles. The fourth-order valence-corrected chi connectivity index (χ4v) is 3.13. The molecule has 1 atom stereocenters. The molecule has 0 bridgehead atoms. The molecule has 0 amide bonds. The molecule has 1 saturated carbocycles. The fourth-order valence-electron chi connectivity index (χ4n) is 3.13. The molecule has 0 spiro atoms. The van der Waals surface area contributed by atoms with Crippen molar-refractivity contribution in [2.45, 2.75) is 50.6 Å². The molecule has 3 rings (SSSR count). The molecule has 17 heavy (non-hydrogen) atoms. The van der Waals surface area contributed by atoms with E-state index in [1.165, 1.54) is 37.7 Å². The Labute approximate surface area is 102 Å². The molecule has 0 radical (unpaired) electrons. The molecule has 1 aromatic rings. The predicted molar refractivity (Wildman–Crippen MR) is 68.3 cm³/mol. The highest BCUT2D eigenvalue weighted by molar-refractivity contribution is 6.04. The number of benzene rings is 1. The van der Waals surface area contributed by atoms with E-state index in [1.807, 2.05) is 18.2 Å². The molecule has 90 valence electrons. The lowest BCUT2D eigenvalue weighted by molar-refractivity contribution is 0.0947.